The van der Waals surface area contributed by atoms with Crippen molar-refractivity contribution in [2.24, 2.45) is 5.92 Å². The maximum Gasteiger partial charge on any atom is 0.573 e. The van der Waals surface area contributed by atoms with Gasteiger partial charge in [0.1, 0.15) is 0 Å². The molecule has 0 aromatic heterocycles. The lowest BCUT2D eigenvalue weighted by molar-refractivity contribution is -0.274. The predicted molar refractivity (Wildman–Crippen MR) is 105 cm³/mol. The maximum absolute atomic E-state index is 13.2. The molecule has 1 heterocycles. The summed E-state index contributed by atoms with van der Waals surface area (Å²) in [6.07, 6.45) is -0.711. The molecule has 11 heteroatoms. The Hall–Kier alpha value is -2.60. The van der Waals surface area contributed by atoms with Gasteiger partial charge in [-0.15, -0.1) is 13.2 Å². The van der Waals surface area contributed by atoms with Crippen LogP contribution in [0.5, 0.6) is 5.75 Å². The Morgan fingerprint density at radius 2 is 2.03 bits per heavy atom. The first-order chi connectivity index (χ1) is 14.8. The normalized spacial score (nSPS) is 20.2. The molecule has 1 aromatic carbocycles. The lowest BCUT2D eigenvalue weighted by atomic mass is 9.95. The largest absolute Gasteiger partial charge is 0.573 e. The summed E-state index contributed by atoms with van der Waals surface area (Å²) in [6.45, 7) is 1.45. The number of benzene rings is 1. The summed E-state index contributed by atoms with van der Waals surface area (Å²) >= 11 is 0. The summed E-state index contributed by atoms with van der Waals surface area (Å²) in [5.41, 5.74) is 2.20. The number of nitrogens with one attached hydrogen (secondary N) is 1. The Morgan fingerprint density at radius 3 is 2.65 bits per heavy atom. The highest BCUT2D eigenvalue weighted by atomic mass is 19.4. The van der Waals surface area contributed by atoms with Crippen molar-refractivity contribution in [1.29, 1.82) is 0 Å². The van der Waals surface area contributed by atoms with Crippen molar-refractivity contribution < 1.29 is 37.8 Å². The molecule has 1 fully saturated rings. The van der Waals surface area contributed by atoms with Crippen LogP contribution in [-0.4, -0.2) is 66.7 Å². The fraction of sp³-hybridized carbons (Fsp3) is 0.450. The number of amides is 2. The van der Waals surface area contributed by atoms with Gasteiger partial charge in [-0.1, -0.05) is 30.4 Å². The van der Waals surface area contributed by atoms with Gasteiger partial charge in [-0.2, -0.15) is 5.48 Å². The first-order valence-corrected chi connectivity index (χ1v) is 9.73. The van der Waals surface area contributed by atoms with E-state index in [1.807, 2.05) is 0 Å². The molecule has 0 spiro atoms. The number of carbonyl (C=O) groups excluding carboxylic acids is 1. The number of hydrogen-bond donors (Lipinski definition) is 3. The summed E-state index contributed by atoms with van der Waals surface area (Å²) in [6, 6.07) is 5.08. The van der Waals surface area contributed by atoms with Crippen LogP contribution in [0.3, 0.4) is 0 Å². The molecule has 170 valence electrons. The summed E-state index contributed by atoms with van der Waals surface area (Å²) in [5.74, 6) is -0.689. The van der Waals surface area contributed by atoms with E-state index in [9.17, 15) is 23.1 Å². The highest BCUT2D eigenvalue weighted by molar-refractivity contribution is 5.93. The number of nitrogens with zero attached hydrogens (tertiary/aromatic N) is 2. The third-order valence-corrected chi connectivity index (χ3v) is 4.97. The van der Waals surface area contributed by atoms with Gasteiger partial charge in [-0.25, -0.2) is 4.79 Å². The number of para-hydroxylation sites is 2. The Labute approximate surface area is 177 Å². The standard InChI is InChI=1S/C20H24F3N3O5/c21-20(22,23)31-17-4-2-1-3-16(17)26(19(28)25-9-11-30-12-10-25)13-14-5-7-15(8-6-14)18(27)24-29/h1-5,7-8,14,18,24,27,29H,6,9-13H2. The molecule has 31 heavy (non-hydrogen) atoms. The van der Waals surface area contributed by atoms with Crippen molar-refractivity contribution in [3.8, 4) is 5.75 Å². The second-order valence-corrected chi connectivity index (χ2v) is 7.10. The molecule has 0 bridgehead atoms. The second-order valence-electron chi connectivity index (χ2n) is 7.10. The lowest BCUT2D eigenvalue weighted by Gasteiger charge is -2.35. The van der Waals surface area contributed by atoms with E-state index < -0.39 is 24.4 Å². The summed E-state index contributed by atoms with van der Waals surface area (Å²) in [5, 5.41) is 18.5. The van der Waals surface area contributed by atoms with E-state index in [0.717, 1.165) is 0 Å². The van der Waals surface area contributed by atoms with E-state index in [-0.39, 0.29) is 18.2 Å². The van der Waals surface area contributed by atoms with Gasteiger partial charge < -0.3 is 24.7 Å². The van der Waals surface area contributed by atoms with E-state index in [1.165, 1.54) is 34.1 Å². The summed E-state index contributed by atoms with van der Waals surface area (Å²) < 4.78 is 48.2. The molecule has 1 aliphatic carbocycles. The predicted octanol–water partition coefficient (Wildman–Crippen LogP) is 2.64. The molecule has 1 aromatic rings. The molecule has 3 rings (SSSR count). The molecule has 2 unspecified atom stereocenters. The summed E-state index contributed by atoms with van der Waals surface area (Å²) in [4.78, 5) is 16.1. The molecule has 3 N–H and O–H groups in total. The Balaban J connectivity index is 1.86. The van der Waals surface area contributed by atoms with Crippen molar-refractivity contribution in [3.05, 3.63) is 48.1 Å². The zero-order valence-electron chi connectivity index (χ0n) is 16.6. The third-order valence-electron chi connectivity index (χ3n) is 4.97. The number of hydrogen-bond acceptors (Lipinski definition) is 6. The molecule has 1 aliphatic heterocycles. The van der Waals surface area contributed by atoms with E-state index in [0.29, 0.717) is 38.3 Å². The number of aliphatic hydroxyl groups is 1. The summed E-state index contributed by atoms with van der Waals surface area (Å²) in [7, 11) is 0. The first kappa shape index (κ1) is 23.1. The number of aliphatic hydroxyl groups excluding tert-OH is 1. The number of urea groups is 1. The average Bonchev–Trinajstić information content (AvgIpc) is 2.77. The molecule has 0 radical (unpaired) electrons. The Bertz CT molecular complexity index is 825. The molecule has 2 atom stereocenters. The van der Waals surface area contributed by atoms with Crippen molar-refractivity contribution in [3.63, 3.8) is 0 Å². The lowest BCUT2D eigenvalue weighted by Crippen LogP contribution is -2.49. The van der Waals surface area contributed by atoms with Gasteiger partial charge in [0.25, 0.3) is 0 Å². The topological polar surface area (TPSA) is 94.5 Å². The number of allylic oxidation sites excluding steroid dienone is 1. The Kier molecular flexibility index (Phi) is 7.55. The quantitative estimate of drug-likeness (QED) is 0.462. The highest BCUT2D eigenvalue weighted by Crippen LogP contribution is 2.34. The van der Waals surface area contributed by atoms with Gasteiger partial charge in [0.15, 0.2) is 12.0 Å². The minimum atomic E-state index is -4.90. The van der Waals surface area contributed by atoms with Crippen LogP contribution in [0.4, 0.5) is 23.7 Å². The number of ether oxygens (including phenoxy) is 2. The molecular formula is C20H24F3N3O5. The Morgan fingerprint density at radius 1 is 1.32 bits per heavy atom. The zero-order valence-corrected chi connectivity index (χ0v) is 16.6. The van der Waals surface area contributed by atoms with Crippen molar-refractivity contribution in [2.75, 3.05) is 37.7 Å². The van der Waals surface area contributed by atoms with Gasteiger partial charge in [0, 0.05) is 19.6 Å². The number of alkyl halides is 3. The van der Waals surface area contributed by atoms with Crippen LogP contribution in [-0.2, 0) is 4.74 Å². The SMILES string of the molecule is O=C(N1CCOCC1)N(CC1C=CC(C(O)NO)=CC1)c1ccccc1OC(F)(F)F. The van der Waals surface area contributed by atoms with Crippen LogP contribution in [0.2, 0.25) is 0 Å². The zero-order chi connectivity index (χ0) is 22.4. The number of carbonyl (C=O) groups is 1. The van der Waals surface area contributed by atoms with Gasteiger partial charge in [-0.3, -0.25) is 4.90 Å². The van der Waals surface area contributed by atoms with Crippen molar-refractivity contribution >= 4 is 11.7 Å². The van der Waals surface area contributed by atoms with Gasteiger partial charge >= 0.3 is 12.4 Å². The van der Waals surface area contributed by atoms with Gasteiger partial charge in [-0.05, 0) is 30.0 Å². The number of rotatable bonds is 6. The van der Waals surface area contributed by atoms with E-state index in [1.54, 1.807) is 23.7 Å². The van der Waals surface area contributed by atoms with Crippen LogP contribution < -0.4 is 15.1 Å². The molecular weight excluding hydrogens is 419 g/mol. The number of anilines is 1. The molecule has 1 saturated heterocycles. The minimum Gasteiger partial charge on any atom is -0.404 e. The van der Waals surface area contributed by atoms with E-state index in [4.69, 9.17) is 9.94 Å². The number of hydroxylamine groups is 1. The van der Waals surface area contributed by atoms with Crippen LogP contribution >= 0.6 is 0 Å². The monoisotopic (exact) mass is 443 g/mol. The highest BCUT2D eigenvalue weighted by Gasteiger charge is 2.35. The maximum atomic E-state index is 13.2. The van der Waals surface area contributed by atoms with Crippen molar-refractivity contribution in [1.82, 2.24) is 10.4 Å². The number of halogens is 3. The van der Waals surface area contributed by atoms with Crippen LogP contribution in [0.25, 0.3) is 0 Å². The fourth-order valence-corrected chi connectivity index (χ4v) is 3.42. The number of morpholine rings is 1. The third kappa shape index (κ3) is 6.20. The first-order valence-electron chi connectivity index (χ1n) is 9.73. The fourth-order valence-electron chi connectivity index (χ4n) is 3.42. The second kappa shape index (κ2) is 10.1. The minimum absolute atomic E-state index is 0.0107. The van der Waals surface area contributed by atoms with Gasteiger partial charge in [0.05, 0.1) is 18.9 Å². The molecule has 0 saturated carbocycles. The smallest absolute Gasteiger partial charge is 0.404 e. The molecule has 2 aliphatic rings. The molecule has 8 nitrogen and oxygen atoms in total. The average molecular weight is 443 g/mol. The van der Waals surface area contributed by atoms with Crippen molar-refractivity contribution in [2.45, 2.75) is 19.0 Å². The van der Waals surface area contributed by atoms with Crippen LogP contribution in [0, 0.1) is 5.92 Å². The van der Waals surface area contributed by atoms with Gasteiger partial charge in [0.2, 0.25) is 0 Å². The van der Waals surface area contributed by atoms with E-state index in [2.05, 4.69) is 4.74 Å². The van der Waals surface area contributed by atoms with Crippen LogP contribution in [0.1, 0.15) is 6.42 Å². The van der Waals surface area contributed by atoms with E-state index >= 15 is 0 Å². The molecule has 2 amide bonds. The van der Waals surface area contributed by atoms with Crippen LogP contribution in [0.15, 0.2) is 48.1 Å².